The van der Waals surface area contributed by atoms with E-state index in [9.17, 15) is 0 Å². The van der Waals surface area contributed by atoms with E-state index in [0.29, 0.717) is 6.04 Å². The van der Waals surface area contributed by atoms with Crippen LogP contribution in [-0.2, 0) is 4.74 Å². The molecule has 0 fully saturated rings. The third-order valence-corrected chi connectivity index (χ3v) is 2.09. The van der Waals surface area contributed by atoms with Crippen molar-refractivity contribution < 1.29 is 4.74 Å². The van der Waals surface area contributed by atoms with Crippen molar-refractivity contribution in [3.8, 4) is 0 Å². The van der Waals surface area contributed by atoms with E-state index in [-0.39, 0.29) is 0 Å². The van der Waals surface area contributed by atoms with Crippen molar-refractivity contribution >= 4 is 0 Å². The highest BCUT2D eigenvalue weighted by Gasteiger charge is 2.01. The lowest BCUT2D eigenvalue weighted by Crippen LogP contribution is -2.29. The van der Waals surface area contributed by atoms with Gasteiger partial charge in [0.25, 0.3) is 0 Å². The summed E-state index contributed by atoms with van der Waals surface area (Å²) in [6.45, 7) is 6.44. The number of methoxy groups -OCH3 is 1. The molecule has 0 aromatic carbocycles. The zero-order valence-corrected chi connectivity index (χ0v) is 8.73. The van der Waals surface area contributed by atoms with Crippen LogP contribution in [0.3, 0.4) is 0 Å². The zero-order chi connectivity index (χ0) is 9.23. The largest absolute Gasteiger partial charge is 0.385 e. The van der Waals surface area contributed by atoms with Gasteiger partial charge >= 0.3 is 0 Å². The lowest BCUT2D eigenvalue weighted by molar-refractivity contribution is 0.193. The standard InChI is InChI=1S/C10H23NO/c1-4-7-10(5-2)11-8-6-9-12-3/h10-11H,4-9H2,1-3H3. The third-order valence-electron chi connectivity index (χ3n) is 2.09. The van der Waals surface area contributed by atoms with Crippen LogP contribution in [0, 0.1) is 0 Å². The Hall–Kier alpha value is -0.0800. The van der Waals surface area contributed by atoms with Crippen molar-refractivity contribution in [3.63, 3.8) is 0 Å². The van der Waals surface area contributed by atoms with E-state index in [1.54, 1.807) is 7.11 Å². The van der Waals surface area contributed by atoms with Crippen LogP contribution in [-0.4, -0.2) is 26.3 Å². The lowest BCUT2D eigenvalue weighted by atomic mass is 10.1. The molecule has 0 aliphatic rings. The second-order valence-electron chi connectivity index (χ2n) is 3.19. The molecule has 0 spiro atoms. The van der Waals surface area contributed by atoms with Crippen molar-refractivity contribution in [2.75, 3.05) is 20.3 Å². The van der Waals surface area contributed by atoms with Crippen LogP contribution in [0.2, 0.25) is 0 Å². The quantitative estimate of drug-likeness (QED) is 0.568. The van der Waals surface area contributed by atoms with Gasteiger partial charge in [0.1, 0.15) is 0 Å². The van der Waals surface area contributed by atoms with Gasteiger partial charge in [-0.1, -0.05) is 20.3 Å². The molecule has 1 N–H and O–H groups in total. The highest BCUT2D eigenvalue weighted by Crippen LogP contribution is 2.00. The van der Waals surface area contributed by atoms with Gasteiger partial charge in [-0.2, -0.15) is 0 Å². The van der Waals surface area contributed by atoms with Gasteiger partial charge in [-0.15, -0.1) is 0 Å². The molecule has 0 amide bonds. The Morgan fingerprint density at radius 2 is 2.08 bits per heavy atom. The number of nitrogens with one attached hydrogen (secondary N) is 1. The van der Waals surface area contributed by atoms with Crippen LogP contribution in [0.25, 0.3) is 0 Å². The van der Waals surface area contributed by atoms with Crippen LogP contribution in [0.5, 0.6) is 0 Å². The van der Waals surface area contributed by atoms with E-state index in [4.69, 9.17) is 4.74 Å². The zero-order valence-electron chi connectivity index (χ0n) is 8.73. The van der Waals surface area contributed by atoms with Gasteiger partial charge in [-0.25, -0.2) is 0 Å². The molecule has 0 aliphatic heterocycles. The van der Waals surface area contributed by atoms with Crippen molar-refractivity contribution in [1.29, 1.82) is 0 Å². The van der Waals surface area contributed by atoms with Gasteiger partial charge in [0, 0.05) is 19.8 Å². The van der Waals surface area contributed by atoms with Crippen molar-refractivity contribution in [2.45, 2.75) is 45.6 Å². The monoisotopic (exact) mass is 173 g/mol. The minimum absolute atomic E-state index is 0.715. The molecule has 0 saturated carbocycles. The first kappa shape index (κ1) is 11.9. The summed E-state index contributed by atoms with van der Waals surface area (Å²) in [5, 5.41) is 3.53. The summed E-state index contributed by atoms with van der Waals surface area (Å²) in [6.07, 6.45) is 4.93. The smallest absolute Gasteiger partial charge is 0.0474 e. The summed E-state index contributed by atoms with van der Waals surface area (Å²) in [5.41, 5.74) is 0. The molecule has 0 rings (SSSR count). The Bertz CT molecular complexity index is 85.9. The predicted molar refractivity (Wildman–Crippen MR) is 53.5 cm³/mol. The fourth-order valence-corrected chi connectivity index (χ4v) is 1.32. The van der Waals surface area contributed by atoms with Gasteiger partial charge in [0.15, 0.2) is 0 Å². The van der Waals surface area contributed by atoms with E-state index in [0.717, 1.165) is 19.6 Å². The SMILES string of the molecule is CCCC(CC)NCCCOC. The van der Waals surface area contributed by atoms with Crippen molar-refractivity contribution in [3.05, 3.63) is 0 Å². The molecular weight excluding hydrogens is 150 g/mol. The fourth-order valence-electron chi connectivity index (χ4n) is 1.32. The summed E-state index contributed by atoms with van der Waals surface area (Å²) in [6, 6.07) is 0.715. The Morgan fingerprint density at radius 1 is 1.33 bits per heavy atom. The summed E-state index contributed by atoms with van der Waals surface area (Å²) in [4.78, 5) is 0. The first-order chi connectivity index (χ1) is 5.85. The van der Waals surface area contributed by atoms with Crippen LogP contribution in [0.1, 0.15) is 39.5 Å². The summed E-state index contributed by atoms with van der Waals surface area (Å²) < 4.78 is 4.98. The van der Waals surface area contributed by atoms with Gasteiger partial charge in [0.2, 0.25) is 0 Å². The highest BCUT2D eigenvalue weighted by atomic mass is 16.5. The first-order valence-corrected chi connectivity index (χ1v) is 5.07. The average molecular weight is 173 g/mol. The highest BCUT2D eigenvalue weighted by molar-refractivity contribution is 4.63. The number of rotatable bonds is 8. The molecule has 0 aromatic heterocycles. The van der Waals surface area contributed by atoms with Gasteiger partial charge in [-0.3, -0.25) is 0 Å². The van der Waals surface area contributed by atoms with Gasteiger partial charge in [-0.05, 0) is 25.8 Å². The molecular formula is C10H23NO. The van der Waals surface area contributed by atoms with Crippen molar-refractivity contribution in [1.82, 2.24) is 5.32 Å². The van der Waals surface area contributed by atoms with E-state index in [2.05, 4.69) is 19.2 Å². The Morgan fingerprint density at radius 3 is 2.58 bits per heavy atom. The van der Waals surface area contributed by atoms with E-state index >= 15 is 0 Å². The minimum atomic E-state index is 0.715. The summed E-state index contributed by atoms with van der Waals surface area (Å²) >= 11 is 0. The molecule has 12 heavy (non-hydrogen) atoms. The molecule has 74 valence electrons. The first-order valence-electron chi connectivity index (χ1n) is 5.07. The maximum absolute atomic E-state index is 4.98. The Balaban J connectivity index is 3.19. The molecule has 1 atom stereocenters. The van der Waals surface area contributed by atoms with E-state index in [1.807, 2.05) is 0 Å². The molecule has 0 heterocycles. The minimum Gasteiger partial charge on any atom is -0.385 e. The van der Waals surface area contributed by atoms with Gasteiger partial charge < -0.3 is 10.1 Å². The molecule has 0 aromatic rings. The fraction of sp³-hybridized carbons (Fsp3) is 1.00. The predicted octanol–water partition coefficient (Wildman–Crippen LogP) is 2.19. The molecule has 1 unspecified atom stereocenters. The molecule has 2 nitrogen and oxygen atoms in total. The normalized spacial score (nSPS) is 13.2. The molecule has 0 saturated heterocycles. The number of hydrogen-bond donors (Lipinski definition) is 1. The van der Waals surface area contributed by atoms with Crippen LogP contribution >= 0.6 is 0 Å². The molecule has 0 bridgehead atoms. The average Bonchev–Trinajstić information content (AvgIpc) is 2.10. The topological polar surface area (TPSA) is 21.3 Å². The maximum atomic E-state index is 4.98. The number of ether oxygens (including phenoxy) is 1. The van der Waals surface area contributed by atoms with Crippen LogP contribution in [0.15, 0.2) is 0 Å². The Labute approximate surface area is 76.7 Å². The van der Waals surface area contributed by atoms with Crippen LogP contribution in [0.4, 0.5) is 0 Å². The van der Waals surface area contributed by atoms with E-state index < -0.39 is 0 Å². The molecule has 2 heteroatoms. The van der Waals surface area contributed by atoms with Crippen LogP contribution < -0.4 is 5.32 Å². The third kappa shape index (κ3) is 6.62. The van der Waals surface area contributed by atoms with Gasteiger partial charge in [0.05, 0.1) is 0 Å². The second-order valence-corrected chi connectivity index (χ2v) is 3.19. The number of hydrogen-bond acceptors (Lipinski definition) is 2. The Kier molecular flexibility index (Phi) is 8.95. The van der Waals surface area contributed by atoms with E-state index in [1.165, 1.54) is 19.3 Å². The summed E-state index contributed by atoms with van der Waals surface area (Å²) in [7, 11) is 1.75. The second kappa shape index (κ2) is 9.01. The summed E-state index contributed by atoms with van der Waals surface area (Å²) in [5.74, 6) is 0. The molecule has 0 radical (unpaired) electrons. The molecule has 0 aliphatic carbocycles. The van der Waals surface area contributed by atoms with Crippen molar-refractivity contribution in [2.24, 2.45) is 0 Å². The maximum Gasteiger partial charge on any atom is 0.0474 e. The lowest BCUT2D eigenvalue weighted by Gasteiger charge is -2.15.